The van der Waals surface area contributed by atoms with Gasteiger partial charge in [-0.15, -0.1) is 21.5 Å². The van der Waals surface area contributed by atoms with Crippen molar-refractivity contribution in [2.24, 2.45) is 0 Å². The van der Waals surface area contributed by atoms with Gasteiger partial charge in [0.1, 0.15) is 10.0 Å². The van der Waals surface area contributed by atoms with Crippen LogP contribution in [0.25, 0.3) is 0 Å². The van der Waals surface area contributed by atoms with Crippen LogP contribution in [0.2, 0.25) is 0 Å². The molecular formula is C16H22N4S. The number of likely N-dealkylation sites (N-methyl/N-ethyl adjacent to an activating group) is 2. The van der Waals surface area contributed by atoms with Gasteiger partial charge in [0.2, 0.25) is 0 Å². The summed E-state index contributed by atoms with van der Waals surface area (Å²) in [7, 11) is 4.40. The monoisotopic (exact) mass is 302 g/mol. The Morgan fingerprint density at radius 2 is 2.05 bits per heavy atom. The van der Waals surface area contributed by atoms with E-state index in [2.05, 4.69) is 58.4 Å². The zero-order valence-corrected chi connectivity index (χ0v) is 13.7. The quantitative estimate of drug-likeness (QED) is 0.868. The molecule has 5 heteroatoms. The summed E-state index contributed by atoms with van der Waals surface area (Å²) < 4.78 is 0. The second-order valence-corrected chi connectivity index (χ2v) is 7.22. The fourth-order valence-electron chi connectivity index (χ4n) is 2.98. The Morgan fingerprint density at radius 3 is 2.76 bits per heavy atom. The van der Waals surface area contributed by atoms with E-state index in [1.807, 2.05) is 6.92 Å². The first-order valence-electron chi connectivity index (χ1n) is 7.36. The largest absolute Gasteiger partial charge is 0.298 e. The highest BCUT2D eigenvalue weighted by Gasteiger charge is 2.24. The summed E-state index contributed by atoms with van der Waals surface area (Å²) in [6.45, 7) is 5.00. The maximum atomic E-state index is 4.22. The third-order valence-corrected chi connectivity index (χ3v) is 4.94. The summed E-state index contributed by atoms with van der Waals surface area (Å²) in [5.74, 6) is 0. The highest BCUT2D eigenvalue weighted by molar-refractivity contribution is 7.11. The van der Waals surface area contributed by atoms with Crippen LogP contribution in [0.15, 0.2) is 24.3 Å². The van der Waals surface area contributed by atoms with Crippen LogP contribution >= 0.6 is 11.3 Å². The van der Waals surface area contributed by atoms with Crippen molar-refractivity contribution in [3.8, 4) is 0 Å². The van der Waals surface area contributed by atoms with E-state index in [9.17, 15) is 0 Å². The predicted molar refractivity (Wildman–Crippen MR) is 86.4 cm³/mol. The Balaban J connectivity index is 1.62. The summed E-state index contributed by atoms with van der Waals surface area (Å²) in [6.07, 6.45) is 1.13. The molecule has 0 saturated carbocycles. The first-order valence-corrected chi connectivity index (χ1v) is 8.18. The van der Waals surface area contributed by atoms with Gasteiger partial charge in [-0.2, -0.15) is 0 Å². The van der Waals surface area contributed by atoms with Crippen molar-refractivity contribution in [3.63, 3.8) is 0 Å². The van der Waals surface area contributed by atoms with Gasteiger partial charge < -0.3 is 0 Å². The van der Waals surface area contributed by atoms with Gasteiger partial charge in [-0.25, -0.2) is 0 Å². The van der Waals surface area contributed by atoms with E-state index in [0.717, 1.165) is 36.1 Å². The molecule has 0 bridgehead atoms. The number of fused-ring (bicyclic) bond motifs is 1. The molecule has 0 unspecified atom stereocenters. The van der Waals surface area contributed by atoms with Crippen LogP contribution in [0.1, 0.15) is 21.1 Å². The summed E-state index contributed by atoms with van der Waals surface area (Å²) in [5, 5.41) is 10.5. The summed E-state index contributed by atoms with van der Waals surface area (Å²) in [4.78, 5) is 4.82. The number of benzene rings is 1. The molecule has 0 radical (unpaired) electrons. The van der Waals surface area contributed by atoms with Crippen molar-refractivity contribution < 1.29 is 0 Å². The smallest absolute Gasteiger partial charge is 0.131 e. The van der Waals surface area contributed by atoms with Gasteiger partial charge in [-0.1, -0.05) is 24.3 Å². The maximum absolute atomic E-state index is 4.22. The Hall–Kier alpha value is -1.30. The lowest BCUT2D eigenvalue weighted by atomic mass is 9.94. The zero-order chi connectivity index (χ0) is 14.8. The van der Waals surface area contributed by atoms with E-state index in [1.165, 1.54) is 11.1 Å². The third-order valence-electron chi connectivity index (χ3n) is 4.11. The van der Waals surface area contributed by atoms with Crippen molar-refractivity contribution in [3.05, 3.63) is 45.4 Å². The second kappa shape index (κ2) is 6.22. The number of hydrogen-bond donors (Lipinski definition) is 0. The van der Waals surface area contributed by atoms with Crippen LogP contribution in [-0.4, -0.2) is 46.7 Å². The highest BCUT2D eigenvalue weighted by atomic mass is 32.1. The molecule has 1 aliphatic heterocycles. The standard InChI is InChI=1S/C16H22N4S/c1-12-17-18-16(21-12)11-19(2)10-15-8-13-6-4-5-7-14(13)9-20(15)3/h4-7,15H,8-11H2,1-3H3/t15-/m0/s1. The van der Waals surface area contributed by atoms with E-state index in [0.29, 0.717) is 6.04 Å². The number of aryl methyl sites for hydroxylation is 1. The summed E-state index contributed by atoms with van der Waals surface area (Å²) in [5.41, 5.74) is 2.97. The van der Waals surface area contributed by atoms with Crippen molar-refractivity contribution in [1.82, 2.24) is 20.0 Å². The minimum Gasteiger partial charge on any atom is -0.298 e. The minimum absolute atomic E-state index is 0.568. The molecule has 0 N–H and O–H groups in total. The van der Waals surface area contributed by atoms with Crippen molar-refractivity contribution in [2.45, 2.75) is 32.5 Å². The van der Waals surface area contributed by atoms with Crippen LogP contribution in [0.4, 0.5) is 0 Å². The fraction of sp³-hybridized carbons (Fsp3) is 0.500. The molecule has 2 heterocycles. The van der Waals surface area contributed by atoms with Crippen LogP contribution in [0.5, 0.6) is 0 Å². The Labute approximate surface area is 130 Å². The molecule has 112 valence electrons. The normalized spacial score (nSPS) is 19.0. The van der Waals surface area contributed by atoms with Gasteiger partial charge in [-0.3, -0.25) is 9.80 Å². The van der Waals surface area contributed by atoms with Crippen LogP contribution in [-0.2, 0) is 19.5 Å². The topological polar surface area (TPSA) is 32.3 Å². The SMILES string of the molecule is Cc1nnc(CN(C)C[C@@H]2Cc3ccccc3CN2C)s1. The van der Waals surface area contributed by atoms with E-state index >= 15 is 0 Å². The third kappa shape index (κ3) is 3.48. The van der Waals surface area contributed by atoms with E-state index < -0.39 is 0 Å². The zero-order valence-electron chi connectivity index (χ0n) is 12.9. The average molecular weight is 302 g/mol. The molecule has 4 nitrogen and oxygen atoms in total. The summed E-state index contributed by atoms with van der Waals surface area (Å²) >= 11 is 1.69. The lowest BCUT2D eigenvalue weighted by molar-refractivity contribution is 0.158. The van der Waals surface area contributed by atoms with Crippen LogP contribution < -0.4 is 0 Å². The van der Waals surface area contributed by atoms with Gasteiger partial charge in [0.25, 0.3) is 0 Å². The second-order valence-electron chi connectivity index (χ2n) is 5.95. The highest BCUT2D eigenvalue weighted by Crippen LogP contribution is 2.22. The molecule has 1 aromatic carbocycles. The van der Waals surface area contributed by atoms with E-state index in [-0.39, 0.29) is 0 Å². The molecule has 1 aromatic heterocycles. The lowest BCUT2D eigenvalue weighted by Gasteiger charge is -2.36. The molecule has 0 aliphatic carbocycles. The molecular weight excluding hydrogens is 280 g/mol. The molecule has 0 amide bonds. The Kier molecular flexibility index (Phi) is 4.33. The van der Waals surface area contributed by atoms with Gasteiger partial charge in [0.15, 0.2) is 0 Å². The van der Waals surface area contributed by atoms with Crippen LogP contribution in [0, 0.1) is 6.92 Å². The number of rotatable bonds is 4. The molecule has 1 aliphatic rings. The number of nitrogens with zero attached hydrogens (tertiary/aromatic N) is 4. The van der Waals surface area contributed by atoms with Crippen molar-refractivity contribution >= 4 is 11.3 Å². The maximum Gasteiger partial charge on any atom is 0.131 e. The molecule has 21 heavy (non-hydrogen) atoms. The lowest BCUT2D eigenvalue weighted by Crippen LogP contribution is -2.44. The Morgan fingerprint density at radius 1 is 1.29 bits per heavy atom. The van der Waals surface area contributed by atoms with Gasteiger partial charge in [0, 0.05) is 19.1 Å². The summed E-state index contributed by atoms with van der Waals surface area (Å²) in [6, 6.07) is 9.37. The first kappa shape index (κ1) is 14.6. The first-order chi connectivity index (χ1) is 10.1. The number of hydrogen-bond acceptors (Lipinski definition) is 5. The fourth-order valence-corrected chi connectivity index (χ4v) is 3.77. The van der Waals surface area contributed by atoms with E-state index in [1.54, 1.807) is 11.3 Å². The molecule has 0 saturated heterocycles. The average Bonchev–Trinajstić information content (AvgIpc) is 2.85. The van der Waals surface area contributed by atoms with Crippen molar-refractivity contribution in [2.75, 3.05) is 20.6 Å². The molecule has 0 spiro atoms. The predicted octanol–water partition coefficient (Wildman–Crippen LogP) is 2.34. The van der Waals surface area contributed by atoms with Gasteiger partial charge in [0.05, 0.1) is 6.54 Å². The van der Waals surface area contributed by atoms with Crippen LogP contribution in [0.3, 0.4) is 0 Å². The van der Waals surface area contributed by atoms with Gasteiger partial charge in [-0.05, 0) is 38.6 Å². The Bertz CT molecular complexity index is 610. The molecule has 0 fully saturated rings. The van der Waals surface area contributed by atoms with Crippen molar-refractivity contribution in [1.29, 1.82) is 0 Å². The molecule has 1 atom stereocenters. The number of aromatic nitrogens is 2. The molecule has 2 aromatic rings. The van der Waals surface area contributed by atoms with Gasteiger partial charge >= 0.3 is 0 Å². The molecule has 3 rings (SSSR count). The minimum atomic E-state index is 0.568. The van der Waals surface area contributed by atoms with E-state index in [4.69, 9.17) is 0 Å².